The van der Waals surface area contributed by atoms with Crippen molar-refractivity contribution in [2.24, 2.45) is 17.6 Å². The van der Waals surface area contributed by atoms with Crippen LogP contribution in [0.4, 0.5) is 4.79 Å². The van der Waals surface area contributed by atoms with E-state index >= 15 is 0 Å². The SMILES string of the molecule is NC(=O)N(O)CC1C2Cc3ccccc3C21. The molecule has 1 aromatic carbocycles. The van der Waals surface area contributed by atoms with Crippen molar-refractivity contribution in [1.29, 1.82) is 0 Å². The second kappa shape index (κ2) is 3.22. The average Bonchev–Trinajstić information content (AvgIpc) is 2.79. The zero-order chi connectivity index (χ0) is 11.3. The first kappa shape index (κ1) is 9.66. The Labute approximate surface area is 93.6 Å². The molecule has 0 radical (unpaired) electrons. The van der Waals surface area contributed by atoms with E-state index in [0.717, 1.165) is 6.42 Å². The lowest BCUT2D eigenvalue weighted by Gasteiger charge is -2.13. The molecule has 3 atom stereocenters. The number of carbonyl (C=O) groups is 1. The fourth-order valence-corrected chi connectivity index (χ4v) is 3.02. The van der Waals surface area contributed by atoms with Crippen LogP contribution in [0.15, 0.2) is 24.3 Å². The van der Waals surface area contributed by atoms with Crippen LogP contribution in [0.1, 0.15) is 17.0 Å². The van der Waals surface area contributed by atoms with E-state index in [1.54, 1.807) is 0 Å². The highest BCUT2D eigenvalue weighted by molar-refractivity contribution is 5.70. The number of rotatable bonds is 2. The molecule has 3 rings (SSSR count). The highest BCUT2D eigenvalue weighted by Crippen LogP contribution is 2.61. The van der Waals surface area contributed by atoms with Crippen LogP contribution in [0.2, 0.25) is 0 Å². The quantitative estimate of drug-likeness (QED) is 0.581. The van der Waals surface area contributed by atoms with Gasteiger partial charge in [-0.3, -0.25) is 5.21 Å². The van der Waals surface area contributed by atoms with Crippen LogP contribution >= 0.6 is 0 Å². The molecular formula is C12H14N2O2. The maximum atomic E-state index is 10.7. The van der Waals surface area contributed by atoms with E-state index in [1.807, 2.05) is 6.07 Å². The van der Waals surface area contributed by atoms with Gasteiger partial charge in [-0.2, -0.15) is 0 Å². The molecule has 1 fully saturated rings. The lowest BCUT2D eigenvalue weighted by Crippen LogP contribution is -2.34. The van der Waals surface area contributed by atoms with Crippen LogP contribution in [0, 0.1) is 11.8 Å². The molecule has 0 spiro atoms. The minimum atomic E-state index is -0.766. The molecule has 3 N–H and O–H groups in total. The van der Waals surface area contributed by atoms with E-state index in [-0.39, 0.29) is 0 Å². The minimum Gasteiger partial charge on any atom is -0.350 e. The normalized spacial score (nSPS) is 29.4. The molecule has 0 heterocycles. The van der Waals surface area contributed by atoms with Gasteiger partial charge < -0.3 is 5.73 Å². The van der Waals surface area contributed by atoms with Crippen molar-refractivity contribution in [3.63, 3.8) is 0 Å². The third-order valence-corrected chi connectivity index (χ3v) is 3.84. The molecular weight excluding hydrogens is 204 g/mol. The van der Waals surface area contributed by atoms with Gasteiger partial charge in [0, 0.05) is 0 Å². The molecule has 1 saturated carbocycles. The summed E-state index contributed by atoms with van der Waals surface area (Å²) < 4.78 is 0. The molecule has 2 aliphatic rings. The largest absolute Gasteiger partial charge is 0.350 e. The molecule has 4 nitrogen and oxygen atoms in total. The summed E-state index contributed by atoms with van der Waals surface area (Å²) >= 11 is 0. The number of amides is 2. The van der Waals surface area contributed by atoms with Crippen LogP contribution in [0.25, 0.3) is 0 Å². The van der Waals surface area contributed by atoms with Gasteiger partial charge in [0.2, 0.25) is 0 Å². The number of nitrogens with two attached hydrogens (primary N) is 1. The van der Waals surface area contributed by atoms with Crippen molar-refractivity contribution in [2.45, 2.75) is 12.3 Å². The summed E-state index contributed by atoms with van der Waals surface area (Å²) in [7, 11) is 0. The third kappa shape index (κ3) is 1.30. The fourth-order valence-electron chi connectivity index (χ4n) is 3.02. The van der Waals surface area contributed by atoms with Gasteiger partial charge in [-0.05, 0) is 35.3 Å². The highest BCUT2D eigenvalue weighted by Gasteiger charge is 2.55. The standard InChI is InChI=1S/C12H14N2O2/c13-12(15)14(16)6-10-9-5-7-3-1-2-4-8(7)11(9)10/h1-4,9-11,16H,5-6H2,(H2,13,15). The van der Waals surface area contributed by atoms with Crippen LogP contribution < -0.4 is 5.73 Å². The van der Waals surface area contributed by atoms with Gasteiger partial charge in [0.25, 0.3) is 0 Å². The Morgan fingerprint density at radius 3 is 3.00 bits per heavy atom. The molecule has 0 aliphatic heterocycles. The number of fused-ring (bicyclic) bond motifs is 3. The Balaban J connectivity index is 1.72. The summed E-state index contributed by atoms with van der Waals surface area (Å²) in [5.41, 5.74) is 7.79. The third-order valence-electron chi connectivity index (χ3n) is 3.84. The first-order chi connectivity index (χ1) is 7.68. The second-order valence-electron chi connectivity index (χ2n) is 4.68. The average molecular weight is 218 g/mol. The fraction of sp³-hybridized carbons (Fsp3) is 0.417. The molecule has 0 saturated heterocycles. The molecule has 2 aliphatic carbocycles. The maximum absolute atomic E-state index is 10.7. The lowest BCUT2D eigenvalue weighted by atomic mass is 10.0. The zero-order valence-electron chi connectivity index (χ0n) is 8.84. The van der Waals surface area contributed by atoms with Gasteiger partial charge in [0.15, 0.2) is 0 Å². The monoisotopic (exact) mass is 218 g/mol. The first-order valence-corrected chi connectivity index (χ1v) is 5.52. The van der Waals surface area contributed by atoms with Gasteiger partial charge in [-0.25, -0.2) is 9.86 Å². The Bertz CT molecular complexity index is 446. The summed E-state index contributed by atoms with van der Waals surface area (Å²) in [4.78, 5) is 10.7. The minimum absolute atomic E-state index is 0.360. The number of hydroxylamine groups is 2. The van der Waals surface area contributed by atoms with Crippen LogP contribution in [0.5, 0.6) is 0 Å². The predicted molar refractivity (Wildman–Crippen MR) is 57.9 cm³/mol. The zero-order valence-corrected chi connectivity index (χ0v) is 8.84. The molecule has 1 aromatic rings. The molecule has 4 heteroatoms. The van der Waals surface area contributed by atoms with E-state index in [4.69, 9.17) is 5.73 Å². The maximum Gasteiger partial charge on any atom is 0.338 e. The topological polar surface area (TPSA) is 66.6 Å². The summed E-state index contributed by atoms with van der Waals surface area (Å²) in [5.74, 6) is 1.49. The van der Waals surface area contributed by atoms with Gasteiger partial charge in [-0.1, -0.05) is 24.3 Å². The van der Waals surface area contributed by atoms with Crippen LogP contribution in [0.3, 0.4) is 0 Å². The number of benzene rings is 1. The number of hydrogen-bond donors (Lipinski definition) is 2. The van der Waals surface area contributed by atoms with Crippen molar-refractivity contribution in [1.82, 2.24) is 5.06 Å². The predicted octanol–water partition coefficient (Wildman–Crippen LogP) is 1.34. The second-order valence-corrected chi connectivity index (χ2v) is 4.68. The van der Waals surface area contributed by atoms with Crippen molar-refractivity contribution in [2.75, 3.05) is 6.54 Å². The summed E-state index contributed by atoms with van der Waals surface area (Å²) in [6.45, 7) is 0.360. The highest BCUT2D eigenvalue weighted by atomic mass is 16.5. The van der Waals surface area contributed by atoms with Crippen molar-refractivity contribution in [3.05, 3.63) is 35.4 Å². The molecule has 84 valence electrons. The molecule has 0 aromatic heterocycles. The van der Waals surface area contributed by atoms with E-state index in [9.17, 15) is 10.0 Å². The van der Waals surface area contributed by atoms with Crippen LogP contribution in [-0.4, -0.2) is 22.8 Å². The molecule has 2 amide bonds. The summed E-state index contributed by atoms with van der Waals surface area (Å²) in [5, 5.41) is 9.93. The first-order valence-electron chi connectivity index (χ1n) is 5.52. The van der Waals surface area contributed by atoms with Gasteiger partial charge in [-0.15, -0.1) is 0 Å². The Hall–Kier alpha value is -1.55. The lowest BCUT2D eigenvalue weighted by molar-refractivity contribution is -0.0442. The Morgan fingerprint density at radius 2 is 2.25 bits per heavy atom. The number of primary amides is 1. The van der Waals surface area contributed by atoms with Crippen LogP contribution in [-0.2, 0) is 6.42 Å². The number of nitrogens with zero attached hydrogens (tertiary/aromatic N) is 1. The van der Waals surface area contributed by atoms with E-state index in [2.05, 4.69) is 18.2 Å². The van der Waals surface area contributed by atoms with Crippen molar-refractivity contribution >= 4 is 6.03 Å². The van der Waals surface area contributed by atoms with E-state index in [0.29, 0.717) is 29.4 Å². The Morgan fingerprint density at radius 1 is 1.50 bits per heavy atom. The molecule has 16 heavy (non-hydrogen) atoms. The van der Waals surface area contributed by atoms with Gasteiger partial charge in [0.1, 0.15) is 0 Å². The van der Waals surface area contributed by atoms with Gasteiger partial charge >= 0.3 is 6.03 Å². The summed E-state index contributed by atoms with van der Waals surface area (Å²) in [6.07, 6.45) is 1.07. The number of carbonyl (C=O) groups excluding carboxylic acids is 1. The number of urea groups is 1. The van der Waals surface area contributed by atoms with Crippen molar-refractivity contribution in [3.8, 4) is 0 Å². The van der Waals surface area contributed by atoms with Crippen molar-refractivity contribution < 1.29 is 10.0 Å². The van der Waals surface area contributed by atoms with Gasteiger partial charge in [0.05, 0.1) is 6.54 Å². The Kier molecular flexibility index (Phi) is 1.94. The molecule has 0 bridgehead atoms. The summed E-state index contributed by atoms with van der Waals surface area (Å²) in [6, 6.07) is 7.63. The molecule has 3 unspecified atom stereocenters. The van der Waals surface area contributed by atoms with E-state index < -0.39 is 6.03 Å². The number of hydrogen-bond acceptors (Lipinski definition) is 2. The van der Waals surface area contributed by atoms with E-state index in [1.165, 1.54) is 11.1 Å². The smallest absolute Gasteiger partial charge is 0.338 e.